The van der Waals surface area contributed by atoms with Crippen molar-refractivity contribution >= 4 is 0 Å². The predicted molar refractivity (Wildman–Crippen MR) is 57.2 cm³/mol. The third-order valence-electron chi connectivity index (χ3n) is 2.82. The molecule has 1 saturated heterocycles. The van der Waals surface area contributed by atoms with Crippen molar-refractivity contribution in [2.24, 2.45) is 11.8 Å². The van der Waals surface area contributed by atoms with Gasteiger partial charge in [0.05, 0.1) is 12.7 Å². The van der Waals surface area contributed by atoms with Crippen molar-refractivity contribution < 1.29 is 9.47 Å². The minimum atomic E-state index is -0.0220. The second kappa shape index (κ2) is 5.69. The lowest BCUT2D eigenvalue weighted by atomic mass is 9.94. The van der Waals surface area contributed by atoms with Gasteiger partial charge in [0.1, 0.15) is 0 Å². The molecule has 1 heterocycles. The smallest absolute Gasteiger partial charge is 0.162 e. The quantitative estimate of drug-likeness (QED) is 0.750. The molecule has 3 atom stereocenters. The SMILES string of the molecule is CNCC(C(C)C)C1OCCC(C)O1. The number of hydrogen-bond donors (Lipinski definition) is 1. The zero-order chi connectivity index (χ0) is 10.6. The van der Waals surface area contributed by atoms with Gasteiger partial charge in [-0.15, -0.1) is 0 Å². The van der Waals surface area contributed by atoms with Gasteiger partial charge in [-0.2, -0.15) is 0 Å². The summed E-state index contributed by atoms with van der Waals surface area (Å²) >= 11 is 0. The Bertz CT molecular complexity index is 161. The van der Waals surface area contributed by atoms with Gasteiger partial charge in [0, 0.05) is 12.5 Å². The van der Waals surface area contributed by atoms with Crippen LogP contribution in [0, 0.1) is 11.8 Å². The van der Waals surface area contributed by atoms with Gasteiger partial charge in [0.25, 0.3) is 0 Å². The average molecular weight is 201 g/mol. The fourth-order valence-electron chi connectivity index (χ4n) is 1.79. The van der Waals surface area contributed by atoms with Crippen molar-refractivity contribution in [3.63, 3.8) is 0 Å². The van der Waals surface area contributed by atoms with E-state index in [1.54, 1.807) is 0 Å². The van der Waals surface area contributed by atoms with Gasteiger partial charge in [-0.25, -0.2) is 0 Å². The van der Waals surface area contributed by atoms with Crippen LogP contribution < -0.4 is 5.32 Å². The van der Waals surface area contributed by atoms with E-state index in [4.69, 9.17) is 9.47 Å². The van der Waals surface area contributed by atoms with E-state index in [2.05, 4.69) is 26.1 Å². The number of ether oxygens (including phenoxy) is 2. The molecule has 0 aromatic rings. The molecule has 3 nitrogen and oxygen atoms in total. The molecule has 14 heavy (non-hydrogen) atoms. The van der Waals surface area contributed by atoms with Crippen LogP contribution >= 0.6 is 0 Å². The number of rotatable bonds is 4. The molecule has 0 bridgehead atoms. The van der Waals surface area contributed by atoms with E-state index in [-0.39, 0.29) is 6.29 Å². The Morgan fingerprint density at radius 3 is 2.64 bits per heavy atom. The van der Waals surface area contributed by atoms with Crippen LogP contribution in [0.25, 0.3) is 0 Å². The highest BCUT2D eigenvalue weighted by Crippen LogP contribution is 2.23. The monoisotopic (exact) mass is 201 g/mol. The summed E-state index contributed by atoms with van der Waals surface area (Å²) in [4.78, 5) is 0. The van der Waals surface area contributed by atoms with Gasteiger partial charge < -0.3 is 14.8 Å². The summed E-state index contributed by atoms with van der Waals surface area (Å²) < 4.78 is 11.5. The summed E-state index contributed by atoms with van der Waals surface area (Å²) in [5, 5.41) is 3.20. The van der Waals surface area contributed by atoms with Crippen LogP contribution in [0.1, 0.15) is 27.2 Å². The van der Waals surface area contributed by atoms with E-state index in [1.165, 1.54) is 0 Å². The maximum atomic E-state index is 5.80. The fraction of sp³-hybridized carbons (Fsp3) is 1.00. The van der Waals surface area contributed by atoms with E-state index in [0.29, 0.717) is 17.9 Å². The predicted octanol–water partition coefficient (Wildman–Crippen LogP) is 1.63. The minimum Gasteiger partial charge on any atom is -0.352 e. The highest BCUT2D eigenvalue weighted by atomic mass is 16.7. The van der Waals surface area contributed by atoms with Gasteiger partial charge in [0.15, 0.2) is 6.29 Å². The Hall–Kier alpha value is -0.120. The molecule has 1 aliphatic rings. The molecule has 3 heteroatoms. The van der Waals surface area contributed by atoms with Gasteiger partial charge in [-0.3, -0.25) is 0 Å². The van der Waals surface area contributed by atoms with Crippen LogP contribution in [0.3, 0.4) is 0 Å². The van der Waals surface area contributed by atoms with Crippen LogP contribution in [0.5, 0.6) is 0 Å². The molecule has 0 aliphatic carbocycles. The average Bonchev–Trinajstić information content (AvgIpc) is 2.13. The van der Waals surface area contributed by atoms with Crippen molar-refractivity contribution in [3.8, 4) is 0 Å². The molecule has 0 saturated carbocycles. The molecule has 0 aromatic heterocycles. The summed E-state index contributed by atoms with van der Waals surface area (Å²) in [6.45, 7) is 8.34. The first-order chi connectivity index (χ1) is 6.65. The van der Waals surface area contributed by atoms with Crippen molar-refractivity contribution in [2.75, 3.05) is 20.2 Å². The normalized spacial score (nSPS) is 30.6. The molecule has 3 unspecified atom stereocenters. The van der Waals surface area contributed by atoms with E-state index in [9.17, 15) is 0 Å². The highest BCUT2D eigenvalue weighted by Gasteiger charge is 2.29. The van der Waals surface area contributed by atoms with E-state index >= 15 is 0 Å². The third kappa shape index (κ3) is 3.23. The second-order valence-electron chi connectivity index (χ2n) is 4.44. The van der Waals surface area contributed by atoms with E-state index < -0.39 is 0 Å². The lowest BCUT2D eigenvalue weighted by molar-refractivity contribution is -0.236. The topological polar surface area (TPSA) is 30.5 Å². The van der Waals surface area contributed by atoms with Crippen LogP contribution in [0.4, 0.5) is 0 Å². The Morgan fingerprint density at radius 2 is 2.14 bits per heavy atom. The Kier molecular flexibility index (Phi) is 4.85. The van der Waals surface area contributed by atoms with Crippen LogP contribution in [-0.4, -0.2) is 32.6 Å². The lowest BCUT2D eigenvalue weighted by Crippen LogP contribution is -2.42. The maximum absolute atomic E-state index is 5.80. The summed E-state index contributed by atoms with van der Waals surface area (Å²) in [6, 6.07) is 0. The molecule has 1 fully saturated rings. The van der Waals surface area contributed by atoms with Crippen LogP contribution in [-0.2, 0) is 9.47 Å². The number of nitrogens with one attached hydrogen (secondary N) is 1. The molecule has 1 aliphatic heterocycles. The lowest BCUT2D eigenvalue weighted by Gasteiger charge is -2.35. The largest absolute Gasteiger partial charge is 0.352 e. The Labute approximate surface area is 87.2 Å². The summed E-state index contributed by atoms with van der Waals surface area (Å²) in [7, 11) is 1.97. The molecular weight excluding hydrogens is 178 g/mol. The molecule has 0 spiro atoms. The zero-order valence-electron chi connectivity index (χ0n) is 9.75. The maximum Gasteiger partial charge on any atom is 0.162 e. The highest BCUT2D eigenvalue weighted by molar-refractivity contribution is 4.72. The van der Waals surface area contributed by atoms with Gasteiger partial charge in [-0.05, 0) is 26.3 Å². The van der Waals surface area contributed by atoms with Gasteiger partial charge >= 0.3 is 0 Å². The minimum absolute atomic E-state index is 0.0220. The van der Waals surface area contributed by atoms with Crippen molar-refractivity contribution in [2.45, 2.75) is 39.6 Å². The van der Waals surface area contributed by atoms with Crippen molar-refractivity contribution in [1.29, 1.82) is 0 Å². The van der Waals surface area contributed by atoms with Crippen LogP contribution in [0.2, 0.25) is 0 Å². The van der Waals surface area contributed by atoms with Crippen LogP contribution in [0.15, 0.2) is 0 Å². The standard InChI is InChI=1S/C11H23NO2/c1-8(2)10(7-12-4)11-13-6-5-9(3)14-11/h8-12H,5-7H2,1-4H3. The Balaban J connectivity index is 2.48. The van der Waals surface area contributed by atoms with Crippen molar-refractivity contribution in [1.82, 2.24) is 5.32 Å². The second-order valence-corrected chi connectivity index (χ2v) is 4.44. The Morgan fingerprint density at radius 1 is 1.43 bits per heavy atom. The third-order valence-corrected chi connectivity index (χ3v) is 2.82. The fourth-order valence-corrected chi connectivity index (χ4v) is 1.79. The molecular formula is C11H23NO2. The first-order valence-electron chi connectivity index (χ1n) is 5.56. The molecule has 1 N–H and O–H groups in total. The van der Waals surface area contributed by atoms with E-state index in [1.807, 2.05) is 7.05 Å². The first kappa shape index (κ1) is 12.0. The molecule has 0 aromatic carbocycles. The summed E-state index contributed by atoms with van der Waals surface area (Å²) in [6.07, 6.45) is 1.33. The first-order valence-corrected chi connectivity index (χ1v) is 5.56. The summed E-state index contributed by atoms with van der Waals surface area (Å²) in [5.74, 6) is 1.03. The molecule has 1 rings (SSSR count). The summed E-state index contributed by atoms with van der Waals surface area (Å²) in [5.41, 5.74) is 0. The van der Waals surface area contributed by atoms with Gasteiger partial charge in [-0.1, -0.05) is 13.8 Å². The zero-order valence-corrected chi connectivity index (χ0v) is 9.75. The van der Waals surface area contributed by atoms with Gasteiger partial charge in [0.2, 0.25) is 0 Å². The molecule has 0 radical (unpaired) electrons. The van der Waals surface area contributed by atoms with Crippen molar-refractivity contribution in [3.05, 3.63) is 0 Å². The number of hydrogen-bond acceptors (Lipinski definition) is 3. The van der Waals surface area contributed by atoms with E-state index in [0.717, 1.165) is 19.6 Å². The molecule has 84 valence electrons. The molecule has 0 amide bonds.